The summed E-state index contributed by atoms with van der Waals surface area (Å²) in [5, 5.41) is 3.06. The Labute approximate surface area is 150 Å². The van der Waals surface area contributed by atoms with Crippen LogP contribution in [-0.4, -0.2) is 67.3 Å². The maximum atomic E-state index is 12.5. The van der Waals surface area contributed by atoms with Gasteiger partial charge in [0.25, 0.3) is 0 Å². The molecule has 2 heterocycles. The van der Waals surface area contributed by atoms with Crippen molar-refractivity contribution in [1.29, 1.82) is 0 Å². The number of hydrogen-bond donors (Lipinski definition) is 1. The number of urea groups is 1. The molecule has 1 aliphatic carbocycles. The van der Waals surface area contributed by atoms with Crippen LogP contribution in [0.25, 0.3) is 0 Å². The Morgan fingerprint density at radius 1 is 1.08 bits per heavy atom. The SMILES string of the molecule is O=C(NC[C@H]1CCCO1)N1CCCN(C2Cc3ccccc3C2)CC1. The lowest BCUT2D eigenvalue weighted by molar-refractivity contribution is 0.109. The fourth-order valence-electron chi connectivity index (χ4n) is 4.42. The molecular formula is C20H29N3O2. The summed E-state index contributed by atoms with van der Waals surface area (Å²) in [5.41, 5.74) is 3.01. The molecule has 0 aromatic heterocycles. The molecule has 3 aliphatic rings. The number of nitrogens with one attached hydrogen (secondary N) is 1. The molecule has 2 fully saturated rings. The quantitative estimate of drug-likeness (QED) is 0.914. The third-order valence-electron chi connectivity index (χ3n) is 5.87. The molecule has 0 saturated carbocycles. The summed E-state index contributed by atoms with van der Waals surface area (Å²) >= 11 is 0. The molecule has 1 N–H and O–H groups in total. The van der Waals surface area contributed by atoms with Gasteiger partial charge in [-0.15, -0.1) is 0 Å². The summed E-state index contributed by atoms with van der Waals surface area (Å²) in [5.74, 6) is 0. The van der Waals surface area contributed by atoms with E-state index in [0.29, 0.717) is 12.6 Å². The van der Waals surface area contributed by atoms with Crippen LogP contribution in [-0.2, 0) is 17.6 Å². The highest BCUT2D eigenvalue weighted by molar-refractivity contribution is 5.74. The number of fused-ring (bicyclic) bond motifs is 1. The van der Waals surface area contributed by atoms with Crippen molar-refractivity contribution in [2.75, 3.05) is 39.3 Å². The number of hydrogen-bond acceptors (Lipinski definition) is 3. The van der Waals surface area contributed by atoms with Crippen LogP contribution in [0.4, 0.5) is 4.79 Å². The van der Waals surface area contributed by atoms with Crippen molar-refractivity contribution in [3.05, 3.63) is 35.4 Å². The molecule has 2 amide bonds. The lowest BCUT2D eigenvalue weighted by Gasteiger charge is -2.27. The first-order valence-electron chi connectivity index (χ1n) is 9.75. The average molecular weight is 343 g/mol. The van der Waals surface area contributed by atoms with Gasteiger partial charge in [-0.25, -0.2) is 4.79 Å². The molecule has 0 spiro atoms. The van der Waals surface area contributed by atoms with Crippen LogP contribution < -0.4 is 5.32 Å². The van der Waals surface area contributed by atoms with Gasteiger partial charge < -0.3 is 15.0 Å². The minimum Gasteiger partial charge on any atom is -0.376 e. The summed E-state index contributed by atoms with van der Waals surface area (Å²) < 4.78 is 5.59. The van der Waals surface area contributed by atoms with E-state index in [4.69, 9.17) is 4.74 Å². The van der Waals surface area contributed by atoms with E-state index in [-0.39, 0.29) is 12.1 Å². The van der Waals surface area contributed by atoms with Gasteiger partial charge >= 0.3 is 6.03 Å². The zero-order valence-electron chi connectivity index (χ0n) is 15.0. The number of nitrogens with zero attached hydrogens (tertiary/aromatic N) is 2. The van der Waals surface area contributed by atoms with Gasteiger partial charge in [-0.3, -0.25) is 4.90 Å². The highest BCUT2D eigenvalue weighted by Gasteiger charge is 2.29. The van der Waals surface area contributed by atoms with Crippen LogP contribution in [0, 0.1) is 0 Å². The maximum Gasteiger partial charge on any atom is 0.317 e. The fraction of sp³-hybridized carbons (Fsp3) is 0.650. The monoisotopic (exact) mass is 343 g/mol. The third-order valence-corrected chi connectivity index (χ3v) is 5.87. The van der Waals surface area contributed by atoms with Crippen molar-refractivity contribution in [3.63, 3.8) is 0 Å². The normalized spacial score (nSPS) is 25.0. The molecule has 4 rings (SSSR count). The lowest BCUT2D eigenvalue weighted by atomic mass is 10.1. The van der Waals surface area contributed by atoms with Crippen LogP contribution in [0.1, 0.15) is 30.4 Å². The Hall–Kier alpha value is -1.59. The molecule has 5 nitrogen and oxygen atoms in total. The number of carbonyl (C=O) groups is 1. The second-order valence-electron chi connectivity index (χ2n) is 7.53. The summed E-state index contributed by atoms with van der Waals surface area (Å²) in [6, 6.07) is 9.49. The van der Waals surface area contributed by atoms with Crippen molar-refractivity contribution in [2.24, 2.45) is 0 Å². The molecule has 0 bridgehead atoms. The first-order chi connectivity index (χ1) is 12.3. The van der Waals surface area contributed by atoms with Gasteiger partial charge in [-0.05, 0) is 43.2 Å². The minimum absolute atomic E-state index is 0.0760. The van der Waals surface area contributed by atoms with E-state index in [9.17, 15) is 4.79 Å². The maximum absolute atomic E-state index is 12.5. The second kappa shape index (κ2) is 7.75. The molecule has 1 aromatic rings. The summed E-state index contributed by atoms with van der Waals surface area (Å²) in [6.07, 6.45) is 5.76. The van der Waals surface area contributed by atoms with E-state index in [0.717, 1.165) is 64.9 Å². The highest BCUT2D eigenvalue weighted by Crippen LogP contribution is 2.26. The Kier molecular flexibility index (Phi) is 5.22. The van der Waals surface area contributed by atoms with Gasteiger partial charge in [0, 0.05) is 45.4 Å². The number of carbonyl (C=O) groups excluding carboxylic acids is 1. The van der Waals surface area contributed by atoms with E-state index >= 15 is 0 Å². The first kappa shape index (κ1) is 16.9. The van der Waals surface area contributed by atoms with Crippen molar-refractivity contribution >= 4 is 6.03 Å². The highest BCUT2D eigenvalue weighted by atomic mass is 16.5. The Morgan fingerprint density at radius 2 is 1.88 bits per heavy atom. The molecule has 2 saturated heterocycles. The first-order valence-corrected chi connectivity index (χ1v) is 9.75. The van der Waals surface area contributed by atoms with Gasteiger partial charge in [0.05, 0.1) is 6.10 Å². The van der Waals surface area contributed by atoms with E-state index in [1.807, 2.05) is 4.90 Å². The number of ether oxygens (including phenoxy) is 1. The van der Waals surface area contributed by atoms with Crippen LogP contribution in [0.15, 0.2) is 24.3 Å². The fourth-order valence-corrected chi connectivity index (χ4v) is 4.42. The van der Waals surface area contributed by atoms with E-state index in [2.05, 4.69) is 34.5 Å². The van der Waals surface area contributed by atoms with Gasteiger partial charge in [0.15, 0.2) is 0 Å². The summed E-state index contributed by atoms with van der Waals surface area (Å²) in [4.78, 5) is 17.0. The predicted molar refractivity (Wildman–Crippen MR) is 97.8 cm³/mol. The Bertz CT molecular complexity index is 575. The van der Waals surface area contributed by atoms with E-state index in [1.165, 1.54) is 11.1 Å². The van der Waals surface area contributed by atoms with Gasteiger partial charge in [-0.2, -0.15) is 0 Å². The van der Waals surface area contributed by atoms with Crippen molar-refractivity contribution < 1.29 is 9.53 Å². The van der Waals surface area contributed by atoms with Gasteiger partial charge in [0.2, 0.25) is 0 Å². The van der Waals surface area contributed by atoms with Crippen LogP contribution in [0.3, 0.4) is 0 Å². The van der Waals surface area contributed by atoms with Gasteiger partial charge in [0.1, 0.15) is 0 Å². The summed E-state index contributed by atoms with van der Waals surface area (Å²) in [7, 11) is 0. The third kappa shape index (κ3) is 3.98. The van der Waals surface area contributed by atoms with Crippen molar-refractivity contribution in [2.45, 2.75) is 44.2 Å². The molecule has 0 unspecified atom stereocenters. The van der Waals surface area contributed by atoms with Crippen LogP contribution in [0.5, 0.6) is 0 Å². The number of benzene rings is 1. The van der Waals surface area contributed by atoms with Crippen LogP contribution >= 0.6 is 0 Å². The Balaban J connectivity index is 1.26. The molecule has 2 aliphatic heterocycles. The summed E-state index contributed by atoms with van der Waals surface area (Å²) in [6.45, 7) is 5.23. The number of rotatable bonds is 3. The van der Waals surface area contributed by atoms with E-state index in [1.54, 1.807) is 0 Å². The van der Waals surface area contributed by atoms with E-state index < -0.39 is 0 Å². The molecule has 5 heteroatoms. The second-order valence-corrected chi connectivity index (χ2v) is 7.53. The molecule has 1 aromatic carbocycles. The van der Waals surface area contributed by atoms with Crippen molar-refractivity contribution in [1.82, 2.24) is 15.1 Å². The molecule has 1 atom stereocenters. The lowest BCUT2D eigenvalue weighted by Crippen LogP contribution is -2.45. The topological polar surface area (TPSA) is 44.8 Å². The molecule has 136 valence electrons. The standard InChI is InChI=1S/C20H29N3O2/c24-20(21-15-19-7-3-12-25-19)23-9-4-8-22(10-11-23)18-13-16-5-1-2-6-17(16)14-18/h1-2,5-6,18-19H,3-4,7-15H2,(H,21,24)/t19-/m1/s1. The Morgan fingerprint density at radius 3 is 2.60 bits per heavy atom. The van der Waals surface area contributed by atoms with Gasteiger partial charge in [-0.1, -0.05) is 24.3 Å². The zero-order chi connectivity index (χ0) is 17.1. The zero-order valence-corrected chi connectivity index (χ0v) is 15.0. The average Bonchev–Trinajstić information content (AvgIpc) is 3.23. The van der Waals surface area contributed by atoms with Crippen molar-refractivity contribution in [3.8, 4) is 0 Å². The largest absolute Gasteiger partial charge is 0.376 e. The predicted octanol–water partition coefficient (Wildman–Crippen LogP) is 2.05. The smallest absolute Gasteiger partial charge is 0.317 e. The molecule has 25 heavy (non-hydrogen) atoms. The minimum atomic E-state index is 0.0760. The molecule has 0 radical (unpaired) electrons. The molecular weight excluding hydrogens is 314 g/mol. The van der Waals surface area contributed by atoms with Crippen LogP contribution in [0.2, 0.25) is 0 Å². The number of amides is 2.